The van der Waals surface area contributed by atoms with Gasteiger partial charge in [-0.3, -0.25) is 14.5 Å². The van der Waals surface area contributed by atoms with Crippen LogP contribution in [0, 0.1) is 0 Å². The number of allylic oxidation sites excluding steroid dienone is 1. The van der Waals surface area contributed by atoms with Crippen LogP contribution in [-0.4, -0.2) is 78.8 Å². The summed E-state index contributed by atoms with van der Waals surface area (Å²) in [5.74, 6) is -0.463. The normalized spacial score (nSPS) is 20.9. The molecule has 15 heteroatoms. The summed E-state index contributed by atoms with van der Waals surface area (Å²) in [7, 11) is 0. The van der Waals surface area contributed by atoms with Gasteiger partial charge in [0.1, 0.15) is 17.8 Å². The molecular formula is C38H38F6N4O5. The molecule has 2 unspecified atom stereocenters. The number of fused-ring (bicyclic) bond motifs is 1. The van der Waals surface area contributed by atoms with E-state index in [9.17, 15) is 40.7 Å². The number of imide groups is 1. The molecule has 3 aromatic rings. The van der Waals surface area contributed by atoms with E-state index in [0.29, 0.717) is 23.6 Å². The fourth-order valence-corrected chi connectivity index (χ4v) is 7.14. The maximum absolute atomic E-state index is 14.6. The van der Waals surface area contributed by atoms with Gasteiger partial charge >= 0.3 is 18.4 Å². The zero-order chi connectivity index (χ0) is 38.3. The van der Waals surface area contributed by atoms with Gasteiger partial charge in [-0.1, -0.05) is 60.7 Å². The molecule has 0 aromatic heterocycles. The average molecular weight is 745 g/mol. The Morgan fingerprint density at radius 3 is 2.38 bits per heavy atom. The van der Waals surface area contributed by atoms with Crippen LogP contribution in [0.2, 0.25) is 0 Å². The molecule has 0 spiro atoms. The van der Waals surface area contributed by atoms with Crippen molar-refractivity contribution in [2.24, 2.45) is 0 Å². The SMILES string of the molecule is CC=Cc1cc(C(OCc2ccccc2)(C(F)(F)F)C(F)(F)F)ccc1N1CCN(C(=O)CN2C(=O)NC(C)(c3ccc4c(c3)OCC4)C2=O)CC1C. The maximum Gasteiger partial charge on any atom is 0.430 e. The number of nitrogens with zero attached hydrogens (tertiary/aromatic N) is 3. The number of carbonyl (C=O) groups excluding carboxylic acids is 3. The van der Waals surface area contributed by atoms with E-state index in [1.165, 1.54) is 47.4 Å². The number of benzene rings is 3. The van der Waals surface area contributed by atoms with Gasteiger partial charge in [-0.15, -0.1) is 0 Å². The number of alkyl halides is 6. The molecule has 3 heterocycles. The summed E-state index contributed by atoms with van der Waals surface area (Å²) in [5, 5.41) is 2.70. The molecule has 2 atom stereocenters. The molecule has 3 aliphatic rings. The molecule has 1 N–H and O–H groups in total. The van der Waals surface area contributed by atoms with Crippen molar-refractivity contribution in [2.75, 3.05) is 37.7 Å². The summed E-state index contributed by atoms with van der Waals surface area (Å²) < 4.78 is 98.2. The first-order chi connectivity index (χ1) is 25.0. The van der Waals surface area contributed by atoms with E-state index in [0.717, 1.165) is 29.0 Å². The van der Waals surface area contributed by atoms with Crippen LogP contribution in [0.5, 0.6) is 5.75 Å². The summed E-state index contributed by atoms with van der Waals surface area (Å²) in [6.45, 7) is 4.34. The molecule has 4 amide bonds. The molecule has 0 bridgehead atoms. The summed E-state index contributed by atoms with van der Waals surface area (Å²) >= 11 is 0. The van der Waals surface area contributed by atoms with E-state index in [2.05, 4.69) is 5.32 Å². The molecule has 0 aliphatic carbocycles. The van der Waals surface area contributed by atoms with Crippen LogP contribution in [0.3, 0.4) is 0 Å². The van der Waals surface area contributed by atoms with Crippen molar-refractivity contribution in [1.29, 1.82) is 0 Å². The fourth-order valence-electron chi connectivity index (χ4n) is 7.14. The molecule has 2 fully saturated rings. The highest BCUT2D eigenvalue weighted by Crippen LogP contribution is 2.54. The van der Waals surface area contributed by atoms with Crippen LogP contribution >= 0.6 is 0 Å². The quantitative estimate of drug-likeness (QED) is 0.194. The van der Waals surface area contributed by atoms with Gasteiger partial charge in [-0.05, 0) is 61.2 Å². The van der Waals surface area contributed by atoms with Crippen LogP contribution < -0.4 is 15.0 Å². The molecule has 6 rings (SSSR count). The minimum absolute atomic E-state index is 0.0911. The fraction of sp³-hybridized carbons (Fsp3) is 0.395. The molecule has 2 saturated heterocycles. The first kappa shape index (κ1) is 37.7. The zero-order valence-corrected chi connectivity index (χ0v) is 29.2. The third-order valence-electron chi connectivity index (χ3n) is 10.0. The summed E-state index contributed by atoms with van der Waals surface area (Å²) in [6.07, 6.45) is -8.08. The number of amides is 4. The minimum Gasteiger partial charge on any atom is -0.493 e. The average Bonchev–Trinajstić information content (AvgIpc) is 3.66. The van der Waals surface area contributed by atoms with Gasteiger partial charge in [0.25, 0.3) is 11.5 Å². The number of hydrogen-bond acceptors (Lipinski definition) is 6. The Balaban J connectivity index is 1.19. The monoisotopic (exact) mass is 744 g/mol. The number of anilines is 1. The highest BCUT2D eigenvalue weighted by Gasteiger charge is 2.73. The van der Waals surface area contributed by atoms with E-state index < -0.39 is 66.1 Å². The maximum atomic E-state index is 14.6. The molecule has 0 saturated carbocycles. The molecule has 9 nitrogen and oxygen atoms in total. The highest BCUT2D eigenvalue weighted by atomic mass is 19.4. The Bertz CT molecular complexity index is 1900. The van der Waals surface area contributed by atoms with Gasteiger partial charge in [0.2, 0.25) is 5.91 Å². The minimum atomic E-state index is -5.87. The van der Waals surface area contributed by atoms with Gasteiger partial charge in [-0.25, -0.2) is 4.79 Å². The number of halogens is 6. The summed E-state index contributed by atoms with van der Waals surface area (Å²) in [6, 6.07) is 14.2. The standard InChI is InChI=1S/C38H38F6N4O5/c1-4-8-27-19-29(36(37(39,40)41,38(42,43)44)53-23-25-9-6-5-7-10-25)13-14-30(27)47-17-16-46(21-24(47)2)32(49)22-48-33(50)35(3,45-34(48)51)28-12-11-26-15-18-52-31(26)20-28/h4-14,19-20,24H,15-18,21-23H2,1-3H3,(H,45,51). The molecule has 282 valence electrons. The third kappa shape index (κ3) is 6.82. The van der Waals surface area contributed by atoms with Crippen LogP contribution in [0.25, 0.3) is 6.08 Å². The number of carbonyl (C=O) groups is 3. The van der Waals surface area contributed by atoms with Gasteiger partial charge in [0.15, 0.2) is 0 Å². The lowest BCUT2D eigenvalue weighted by Gasteiger charge is -2.42. The van der Waals surface area contributed by atoms with Crippen molar-refractivity contribution in [1.82, 2.24) is 15.1 Å². The van der Waals surface area contributed by atoms with Gasteiger partial charge in [0.05, 0.1) is 13.2 Å². The number of rotatable bonds is 9. The second-order valence-corrected chi connectivity index (χ2v) is 13.5. The Labute approximate surface area is 302 Å². The van der Waals surface area contributed by atoms with Crippen LogP contribution in [-0.2, 0) is 38.5 Å². The number of piperazine rings is 1. The molecular weight excluding hydrogens is 706 g/mol. The Hall–Kier alpha value is -5.05. The Morgan fingerprint density at radius 2 is 1.72 bits per heavy atom. The highest BCUT2D eigenvalue weighted by molar-refractivity contribution is 6.09. The van der Waals surface area contributed by atoms with Gasteiger partial charge < -0.3 is 24.6 Å². The van der Waals surface area contributed by atoms with Crippen molar-refractivity contribution in [3.05, 3.63) is 101 Å². The van der Waals surface area contributed by atoms with Gasteiger partial charge in [0, 0.05) is 43.3 Å². The predicted octanol–water partition coefficient (Wildman–Crippen LogP) is 6.70. The molecule has 0 radical (unpaired) electrons. The van der Waals surface area contributed by atoms with E-state index >= 15 is 0 Å². The Kier molecular flexibility index (Phi) is 10.0. The van der Waals surface area contributed by atoms with E-state index in [1.807, 2.05) is 6.07 Å². The lowest BCUT2D eigenvalue weighted by molar-refractivity contribution is -0.392. The zero-order valence-electron chi connectivity index (χ0n) is 29.2. The van der Waals surface area contributed by atoms with Crippen molar-refractivity contribution in [3.8, 4) is 5.75 Å². The number of urea groups is 1. The van der Waals surface area contributed by atoms with Crippen LogP contribution in [0.4, 0.5) is 36.8 Å². The topological polar surface area (TPSA) is 91.4 Å². The van der Waals surface area contributed by atoms with E-state index in [1.54, 1.807) is 43.9 Å². The third-order valence-corrected chi connectivity index (χ3v) is 10.0. The predicted molar refractivity (Wildman–Crippen MR) is 183 cm³/mol. The molecule has 3 aliphatic heterocycles. The first-order valence-electron chi connectivity index (χ1n) is 17.0. The molecule has 53 heavy (non-hydrogen) atoms. The van der Waals surface area contributed by atoms with Crippen molar-refractivity contribution >= 4 is 29.6 Å². The lowest BCUT2D eigenvalue weighted by atomic mass is 9.89. The molecule has 3 aromatic carbocycles. The first-order valence-corrected chi connectivity index (χ1v) is 17.0. The summed E-state index contributed by atoms with van der Waals surface area (Å²) in [5.41, 5.74) is -5.07. The van der Waals surface area contributed by atoms with Crippen LogP contribution in [0.15, 0.2) is 72.8 Å². The number of hydrogen-bond donors (Lipinski definition) is 1. The van der Waals surface area contributed by atoms with Crippen molar-refractivity contribution in [3.63, 3.8) is 0 Å². The largest absolute Gasteiger partial charge is 0.493 e. The van der Waals surface area contributed by atoms with E-state index in [4.69, 9.17) is 9.47 Å². The Morgan fingerprint density at radius 1 is 1.00 bits per heavy atom. The lowest BCUT2D eigenvalue weighted by Crippen LogP contribution is -2.56. The van der Waals surface area contributed by atoms with Crippen LogP contribution in [0.1, 0.15) is 48.6 Å². The second kappa shape index (κ2) is 14.1. The van der Waals surface area contributed by atoms with Gasteiger partial charge in [-0.2, -0.15) is 26.3 Å². The smallest absolute Gasteiger partial charge is 0.430 e. The number of ether oxygens (including phenoxy) is 2. The second-order valence-electron chi connectivity index (χ2n) is 13.5. The summed E-state index contributed by atoms with van der Waals surface area (Å²) in [4.78, 5) is 44.2. The van der Waals surface area contributed by atoms with Crippen molar-refractivity contribution < 1.29 is 50.2 Å². The van der Waals surface area contributed by atoms with Crippen molar-refractivity contribution in [2.45, 2.75) is 63.3 Å². The number of nitrogens with one attached hydrogen (secondary N) is 1. The van der Waals surface area contributed by atoms with E-state index in [-0.39, 0.29) is 30.8 Å².